The summed E-state index contributed by atoms with van der Waals surface area (Å²) >= 11 is 8.48. The maximum absolute atomic E-state index is 5.43. The highest BCUT2D eigenvalue weighted by atomic mass is 79.9. The van der Waals surface area contributed by atoms with Crippen molar-refractivity contribution >= 4 is 39.1 Å². The summed E-state index contributed by atoms with van der Waals surface area (Å²) in [5.41, 5.74) is 0. The van der Waals surface area contributed by atoms with Gasteiger partial charge in [-0.15, -0.1) is 0 Å². The lowest BCUT2D eigenvalue weighted by Gasteiger charge is -2.08. The molecular weight excluding hydrogens is 314 g/mol. The molecule has 0 amide bonds. The second kappa shape index (κ2) is 5.97. The molecule has 0 radical (unpaired) electrons. The number of furan rings is 1. The van der Waals surface area contributed by atoms with Crippen LogP contribution >= 0.6 is 28.1 Å². The van der Waals surface area contributed by atoms with E-state index in [0.29, 0.717) is 17.5 Å². The first-order valence-electron chi connectivity index (χ1n) is 5.35. The van der Waals surface area contributed by atoms with Crippen molar-refractivity contribution in [1.29, 1.82) is 0 Å². The number of pyridine rings is 1. The first-order valence-corrected chi connectivity index (χ1v) is 6.55. The quantitative estimate of drug-likeness (QED) is 0.848. The summed E-state index contributed by atoms with van der Waals surface area (Å²) in [7, 11) is 0. The lowest BCUT2D eigenvalue weighted by Crippen LogP contribution is -2.28. The topological polar surface area (TPSA) is 50.1 Å². The van der Waals surface area contributed by atoms with Gasteiger partial charge in [-0.05, 0) is 59.3 Å². The molecule has 0 fully saturated rings. The standard InChI is InChI=1S/C12H12BrN3OS/c1-8-2-4-10(17-8)7-15-12(18)16-11-5-3-9(13)6-14-11/h2-6H,7H2,1H3,(H2,14,15,16,18). The van der Waals surface area contributed by atoms with E-state index in [1.54, 1.807) is 6.20 Å². The van der Waals surface area contributed by atoms with Gasteiger partial charge in [0.2, 0.25) is 0 Å². The summed E-state index contributed by atoms with van der Waals surface area (Å²) in [6, 6.07) is 7.58. The van der Waals surface area contributed by atoms with Crippen LogP contribution < -0.4 is 10.6 Å². The number of aromatic nitrogens is 1. The summed E-state index contributed by atoms with van der Waals surface area (Å²) in [5.74, 6) is 2.44. The summed E-state index contributed by atoms with van der Waals surface area (Å²) in [6.07, 6.45) is 1.71. The average Bonchev–Trinajstić information content (AvgIpc) is 2.76. The number of nitrogens with one attached hydrogen (secondary N) is 2. The van der Waals surface area contributed by atoms with Crippen LogP contribution in [-0.4, -0.2) is 10.1 Å². The van der Waals surface area contributed by atoms with E-state index < -0.39 is 0 Å². The van der Waals surface area contributed by atoms with Gasteiger partial charge in [0.05, 0.1) is 6.54 Å². The molecule has 2 heterocycles. The minimum atomic E-state index is 0.513. The van der Waals surface area contributed by atoms with Crippen LogP contribution in [0, 0.1) is 6.92 Å². The molecule has 0 aliphatic heterocycles. The highest BCUT2D eigenvalue weighted by molar-refractivity contribution is 9.10. The largest absolute Gasteiger partial charge is 0.465 e. The maximum Gasteiger partial charge on any atom is 0.172 e. The van der Waals surface area contributed by atoms with Crippen molar-refractivity contribution in [3.05, 3.63) is 46.5 Å². The van der Waals surface area contributed by atoms with Gasteiger partial charge in [0.25, 0.3) is 0 Å². The Morgan fingerprint density at radius 1 is 1.39 bits per heavy atom. The van der Waals surface area contributed by atoms with E-state index in [2.05, 4.69) is 31.5 Å². The van der Waals surface area contributed by atoms with Gasteiger partial charge in [0.1, 0.15) is 17.3 Å². The number of rotatable bonds is 3. The van der Waals surface area contributed by atoms with Crippen LogP contribution in [0.15, 0.2) is 39.4 Å². The lowest BCUT2D eigenvalue weighted by molar-refractivity contribution is 0.478. The van der Waals surface area contributed by atoms with Crippen molar-refractivity contribution in [2.24, 2.45) is 0 Å². The Balaban J connectivity index is 1.83. The van der Waals surface area contributed by atoms with E-state index in [1.165, 1.54) is 0 Å². The van der Waals surface area contributed by atoms with Crippen LogP contribution in [0.5, 0.6) is 0 Å². The Hall–Kier alpha value is -1.40. The SMILES string of the molecule is Cc1ccc(CNC(=S)Nc2ccc(Br)cn2)o1. The van der Waals surface area contributed by atoms with Crippen molar-refractivity contribution in [3.8, 4) is 0 Å². The van der Waals surface area contributed by atoms with Crippen LogP contribution in [0.3, 0.4) is 0 Å². The van der Waals surface area contributed by atoms with E-state index in [-0.39, 0.29) is 0 Å². The molecule has 2 aromatic rings. The van der Waals surface area contributed by atoms with Gasteiger partial charge in [-0.3, -0.25) is 0 Å². The van der Waals surface area contributed by atoms with Crippen LogP contribution in [0.4, 0.5) is 5.82 Å². The zero-order chi connectivity index (χ0) is 13.0. The molecular formula is C12H12BrN3OS. The Kier molecular flexibility index (Phi) is 4.33. The fourth-order valence-corrected chi connectivity index (χ4v) is 1.77. The third-order valence-corrected chi connectivity index (χ3v) is 2.90. The molecule has 0 spiro atoms. The van der Waals surface area contributed by atoms with E-state index in [4.69, 9.17) is 16.6 Å². The fraction of sp³-hybridized carbons (Fsp3) is 0.167. The average molecular weight is 326 g/mol. The van der Waals surface area contributed by atoms with Crippen molar-refractivity contribution in [3.63, 3.8) is 0 Å². The van der Waals surface area contributed by atoms with Crippen LogP contribution in [0.2, 0.25) is 0 Å². The second-order valence-corrected chi connectivity index (χ2v) is 5.01. The Labute approximate surface area is 119 Å². The third kappa shape index (κ3) is 3.82. The van der Waals surface area contributed by atoms with Crippen LogP contribution in [0.1, 0.15) is 11.5 Å². The van der Waals surface area contributed by atoms with E-state index in [9.17, 15) is 0 Å². The van der Waals surface area contributed by atoms with Gasteiger partial charge >= 0.3 is 0 Å². The van der Waals surface area contributed by atoms with Crippen molar-refractivity contribution in [2.45, 2.75) is 13.5 Å². The predicted octanol–water partition coefficient (Wildman–Crippen LogP) is 3.23. The van der Waals surface area contributed by atoms with E-state index in [1.807, 2.05) is 31.2 Å². The smallest absolute Gasteiger partial charge is 0.172 e. The monoisotopic (exact) mass is 325 g/mol. The first kappa shape index (κ1) is 13.0. The fourth-order valence-electron chi connectivity index (χ4n) is 1.36. The molecule has 0 aromatic carbocycles. The Morgan fingerprint density at radius 3 is 2.83 bits per heavy atom. The molecule has 0 bridgehead atoms. The molecule has 2 rings (SSSR count). The highest BCUT2D eigenvalue weighted by Crippen LogP contribution is 2.10. The molecule has 2 N–H and O–H groups in total. The number of anilines is 1. The van der Waals surface area contributed by atoms with Gasteiger partial charge in [0, 0.05) is 10.7 Å². The van der Waals surface area contributed by atoms with Crippen molar-refractivity contribution < 1.29 is 4.42 Å². The highest BCUT2D eigenvalue weighted by Gasteiger charge is 2.01. The molecule has 18 heavy (non-hydrogen) atoms. The van der Waals surface area contributed by atoms with Crippen molar-refractivity contribution in [1.82, 2.24) is 10.3 Å². The third-order valence-electron chi connectivity index (χ3n) is 2.19. The van der Waals surface area contributed by atoms with Gasteiger partial charge < -0.3 is 15.1 Å². The van der Waals surface area contributed by atoms with Gasteiger partial charge in [-0.2, -0.15) is 0 Å². The summed E-state index contributed by atoms with van der Waals surface area (Å²) < 4.78 is 6.36. The normalized spacial score (nSPS) is 10.1. The van der Waals surface area contributed by atoms with Crippen LogP contribution in [-0.2, 0) is 6.54 Å². The molecule has 0 atom stereocenters. The van der Waals surface area contributed by atoms with E-state index in [0.717, 1.165) is 16.0 Å². The zero-order valence-corrected chi connectivity index (χ0v) is 12.1. The molecule has 2 aromatic heterocycles. The molecule has 0 aliphatic carbocycles. The number of halogens is 1. The lowest BCUT2D eigenvalue weighted by atomic mass is 10.4. The summed E-state index contributed by atoms with van der Waals surface area (Å²) in [4.78, 5) is 4.17. The van der Waals surface area contributed by atoms with Gasteiger partial charge in [-0.1, -0.05) is 0 Å². The molecule has 0 aliphatic rings. The number of thiocarbonyl (C=S) groups is 1. The minimum Gasteiger partial charge on any atom is -0.465 e. The molecule has 0 saturated heterocycles. The predicted molar refractivity (Wildman–Crippen MR) is 78.4 cm³/mol. The first-order chi connectivity index (χ1) is 8.63. The number of aryl methyl sites for hydroxylation is 1. The van der Waals surface area contributed by atoms with Crippen molar-refractivity contribution in [2.75, 3.05) is 5.32 Å². The number of hydrogen-bond donors (Lipinski definition) is 2. The summed E-state index contributed by atoms with van der Waals surface area (Å²) in [6.45, 7) is 2.46. The molecule has 6 heteroatoms. The zero-order valence-electron chi connectivity index (χ0n) is 9.74. The second-order valence-electron chi connectivity index (χ2n) is 3.68. The molecule has 0 saturated carbocycles. The number of hydrogen-bond acceptors (Lipinski definition) is 3. The minimum absolute atomic E-state index is 0.513. The molecule has 0 unspecified atom stereocenters. The number of nitrogens with zero attached hydrogens (tertiary/aromatic N) is 1. The Morgan fingerprint density at radius 2 is 2.22 bits per heavy atom. The van der Waals surface area contributed by atoms with Crippen LogP contribution in [0.25, 0.3) is 0 Å². The molecule has 4 nitrogen and oxygen atoms in total. The maximum atomic E-state index is 5.43. The molecule has 94 valence electrons. The summed E-state index contributed by atoms with van der Waals surface area (Å²) in [5, 5.41) is 6.56. The van der Waals surface area contributed by atoms with E-state index >= 15 is 0 Å². The Bertz CT molecular complexity index is 539. The van der Waals surface area contributed by atoms with Gasteiger partial charge in [-0.25, -0.2) is 4.98 Å². The van der Waals surface area contributed by atoms with Gasteiger partial charge in [0.15, 0.2) is 5.11 Å².